The summed E-state index contributed by atoms with van der Waals surface area (Å²) in [7, 11) is 0. The van der Waals surface area contributed by atoms with Gasteiger partial charge in [-0.1, -0.05) is 34.6 Å². The summed E-state index contributed by atoms with van der Waals surface area (Å²) in [4.78, 5) is 26.6. The van der Waals surface area contributed by atoms with Gasteiger partial charge in [-0.2, -0.15) is 0 Å². The van der Waals surface area contributed by atoms with Crippen molar-refractivity contribution < 1.29 is 43.5 Å². The molecule has 3 aliphatic heterocycles. The van der Waals surface area contributed by atoms with Crippen LogP contribution in [0.25, 0.3) is 0 Å². The Balaban J connectivity index is 1.02. The van der Waals surface area contributed by atoms with Crippen molar-refractivity contribution in [2.75, 3.05) is 26.3 Å². The molecule has 0 aromatic rings. The number of aliphatic hydroxyl groups is 2. The number of ether oxygens (including phenoxy) is 5. The topological polar surface area (TPSA) is 124 Å². The van der Waals surface area contributed by atoms with E-state index in [0.717, 1.165) is 45.1 Å². The van der Waals surface area contributed by atoms with Crippen molar-refractivity contribution in [1.29, 1.82) is 0 Å². The summed E-state index contributed by atoms with van der Waals surface area (Å²) in [6.45, 7) is 19.1. The third-order valence-corrected chi connectivity index (χ3v) is 16.8. The van der Waals surface area contributed by atoms with Crippen molar-refractivity contribution in [3.63, 3.8) is 0 Å². The first-order valence-electron chi connectivity index (χ1n) is 19.8. The Hall–Kier alpha value is -1.30. The highest BCUT2D eigenvalue weighted by Crippen LogP contribution is 2.89. The Labute approximate surface area is 298 Å². The number of hydrogen-bond acceptors (Lipinski definition) is 10. The van der Waals surface area contributed by atoms with Gasteiger partial charge >= 0.3 is 11.9 Å². The molecule has 0 amide bonds. The monoisotopic (exact) mass is 701 g/mol. The van der Waals surface area contributed by atoms with Crippen molar-refractivity contribution in [3.05, 3.63) is 0 Å². The molecule has 0 aromatic carbocycles. The molecule has 3 heterocycles. The number of nitrogens with zero attached hydrogens (tertiary/aromatic N) is 1. The van der Waals surface area contributed by atoms with Crippen LogP contribution in [-0.4, -0.2) is 102 Å². The first-order valence-corrected chi connectivity index (χ1v) is 19.8. The molecule has 2 N–H and O–H groups in total. The molecule has 8 fully saturated rings. The van der Waals surface area contributed by atoms with Gasteiger partial charge in [-0.3, -0.25) is 14.5 Å². The van der Waals surface area contributed by atoms with E-state index in [9.17, 15) is 19.8 Å². The van der Waals surface area contributed by atoms with E-state index >= 15 is 0 Å². The molecule has 0 aromatic heterocycles. The van der Waals surface area contributed by atoms with E-state index < -0.39 is 29.9 Å². The van der Waals surface area contributed by atoms with E-state index in [1.54, 1.807) is 13.8 Å². The average molecular weight is 702 g/mol. The van der Waals surface area contributed by atoms with Crippen LogP contribution in [0.3, 0.4) is 0 Å². The van der Waals surface area contributed by atoms with Crippen molar-refractivity contribution in [3.8, 4) is 0 Å². The highest BCUT2D eigenvalue weighted by Gasteiger charge is 2.84. The van der Waals surface area contributed by atoms with Crippen molar-refractivity contribution in [2.24, 2.45) is 50.7 Å². The number of cyclic esters (lactones) is 1. The molecule has 3 saturated heterocycles. The van der Waals surface area contributed by atoms with Gasteiger partial charge in [0.05, 0.1) is 49.8 Å². The van der Waals surface area contributed by atoms with Gasteiger partial charge in [-0.05, 0) is 111 Å². The van der Waals surface area contributed by atoms with Gasteiger partial charge in [0, 0.05) is 25.3 Å². The van der Waals surface area contributed by atoms with Crippen molar-refractivity contribution >= 4 is 11.9 Å². The van der Waals surface area contributed by atoms with E-state index in [-0.39, 0.29) is 69.4 Å². The smallest absolute Gasteiger partial charge is 0.323 e. The lowest BCUT2D eigenvalue weighted by molar-refractivity contribution is -0.250. The summed E-state index contributed by atoms with van der Waals surface area (Å²) in [6, 6.07) is -0.182. The predicted octanol–water partition coefficient (Wildman–Crippen LogP) is 4.86. The standard InChI is InChI=1S/C40H63NO9/c1-22-19-25(33(36(5,6)45)48-23(2)42)49-31-30(22)37(7)14-15-40-21-39(40)13-11-28(35(3,4)26(39)9-10-27(40)38(37,8)32(31)43)50-29-20-41(16-18-46-29)24-12-17-47-34(24)44/h22,24-33,43,45H,9-21H2,1-8H3/t22-,24?,25?,26+,27+,28+,29+,30?,31+,32+,33+,37-,38-,39-,40+/m1/s1. The summed E-state index contributed by atoms with van der Waals surface area (Å²) in [5.74, 6) is 0.853. The Morgan fingerprint density at radius 1 is 1.02 bits per heavy atom. The Morgan fingerprint density at radius 3 is 2.42 bits per heavy atom. The number of aliphatic hydroxyl groups excluding tert-OH is 1. The van der Waals surface area contributed by atoms with E-state index in [4.69, 9.17) is 23.7 Å². The highest BCUT2D eigenvalue weighted by atomic mass is 16.7. The zero-order valence-corrected chi connectivity index (χ0v) is 31.7. The molecule has 10 heteroatoms. The fraction of sp³-hybridized carbons (Fsp3) is 0.950. The van der Waals surface area contributed by atoms with Crippen LogP contribution in [0.2, 0.25) is 0 Å². The van der Waals surface area contributed by atoms with Gasteiger partial charge in [0.25, 0.3) is 0 Å². The lowest BCUT2D eigenvalue weighted by atomic mass is 9.41. The van der Waals surface area contributed by atoms with Crippen LogP contribution in [0.1, 0.15) is 113 Å². The number of fused-ring (bicyclic) bond motifs is 4. The van der Waals surface area contributed by atoms with Crippen LogP contribution in [0, 0.1) is 50.7 Å². The van der Waals surface area contributed by atoms with Gasteiger partial charge in [0.1, 0.15) is 6.04 Å². The lowest BCUT2D eigenvalue weighted by Gasteiger charge is -2.64. The molecule has 282 valence electrons. The molecule has 0 radical (unpaired) electrons. The Bertz CT molecular complexity index is 1380. The lowest BCUT2D eigenvalue weighted by Crippen LogP contribution is -2.60. The van der Waals surface area contributed by atoms with E-state index in [1.807, 2.05) is 0 Å². The van der Waals surface area contributed by atoms with E-state index in [1.165, 1.54) is 19.8 Å². The molecule has 2 spiro atoms. The normalized spacial score (nSPS) is 51.7. The molecule has 0 bridgehead atoms. The minimum absolute atomic E-state index is 0.0255. The summed E-state index contributed by atoms with van der Waals surface area (Å²) in [6.07, 6.45) is 6.81. The zero-order valence-electron chi connectivity index (χ0n) is 31.7. The number of carbonyl (C=O) groups is 2. The number of morpholine rings is 1. The average Bonchev–Trinajstić information content (AvgIpc) is 3.44. The summed E-state index contributed by atoms with van der Waals surface area (Å²) < 4.78 is 30.8. The summed E-state index contributed by atoms with van der Waals surface area (Å²) in [5.41, 5.74) is -1.19. The quantitative estimate of drug-likeness (QED) is 0.371. The second kappa shape index (κ2) is 11.6. The van der Waals surface area contributed by atoms with Gasteiger partial charge in [-0.15, -0.1) is 0 Å². The van der Waals surface area contributed by atoms with Crippen molar-refractivity contribution in [2.45, 2.75) is 162 Å². The third kappa shape index (κ3) is 4.79. The molecule has 10 nitrogen and oxygen atoms in total. The summed E-state index contributed by atoms with van der Waals surface area (Å²) in [5, 5.41) is 23.6. The maximum absolute atomic E-state index is 12.6. The van der Waals surface area contributed by atoms with Gasteiger partial charge < -0.3 is 33.9 Å². The largest absolute Gasteiger partial charge is 0.464 e. The van der Waals surface area contributed by atoms with Crippen LogP contribution in [0.5, 0.6) is 0 Å². The van der Waals surface area contributed by atoms with Gasteiger partial charge in [-0.25, -0.2) is 0 Å². The molecule has 8 aliphatic rings. The number of carbonyl (C=O) groups excluding carboxylic acids is 2. The fourth-order valence-corrected chi connectivity index (χ4v) is 14.6. The molecular weight excluding hydrogens is 638 g/mol. The first kappa shape index (κ1) is 35.7. The van der Waals surface area contributed by atoms with Crippen LogP contribution >= 0.6 is 0 Å². The van der Waals surface area contributed by atoms with Crippen LogP contribution in [0.4, 0.5) is 0 Å². The fourth-order valence-electron chi connectivity index (χ4n) is 14.6. The number of esters is 2. The molecule has 5 aliphatic carbocycles. The highest BCUT2D eigenvalue weighted by molar-refractivity contribution is 5.77. The van der Waals surface area contributed by atoms with Gasteiger partial charge in [0.15, 0.2) is 12.4 Å². The Kier molecular flexibility index (Phi) is 8.29. The predicted molar refractivity (Wildman–Crippen MR) is 184 cm³/mol. The number of rotatable bonds is 6. The first-order chi connectivity index (χ1) is 23.4. The number of hydrogen-bond donors (Lipinski definition) is 2. The molecule has 8 rings (SSSR count). The van der Waals surface area contributed by atoms with Gasteiger partial charge in [0.2, 0.25) is 0 Å². The molecule has 5 saturated carbocycles. The van der Waals surface area contributed by atoms with E-state index in [0.29, 0.717) is 38.0 Å². The SMILES string of the molecule is CC(=O)O[C@@H](C1C[C@@H](C)C2[C@H](O1)[C@H](O)[C@@]1(C)[C@@H]3CC[C@H]4C(C)(C)[C@@H](O[C@H]5CN(C6CCOC6=O)CCO5)CC[C@@]45C[C@@]35CC[C@]21C)C(C)(C)O. The molecule has 50 heavy (non-hydrogen) atoms. The minimum Gasteiger partial charge on any atom is -0.464 e. The second-order valence-electron chi connectivity index (χ2n) is 19.6. The summed E-state index contributed by atoms with van der Waals surface area (Å²) >= 11 is 0. The molecular formula is C40H63NO9. The zero-order chi connectivity index (χ0) is 35.8. The van der Waals surface area contributed by atoms with Crippen LogP contribution in [0.15, 0.2) is 0 Å². The van der Waals surface area contributed by atoms with Crippen LogP contribution in [-0.2, 0) is 33.3 Å². The second-order valence-corrected chi connectivity index (χ2v) is 19.6. The molecule has 3 unspecified atom stereocenters. The van der Waals surface area contributed by atoms with Crippen molar-refractivity contribution in [1.82, 2.24) is 4.90 Å². The Morgan fingerprint density at radius 2 is 1.74 bits per heavy atom. The van der Waals surface area contributed by atoms with E-state index in [2.05, 4.69) is 39.5 Å². The maximum atomic E-state index is 12.6. The molecule has 15 atom stereocenters. The van der Waals surface area contributed by atoms with Crippen LogP contribution < -0.4 is 0 Å². The maximum Gasteiger partial charge on any atom is 0.323 e. The third-order valence-electron chi connectivity index (χ3n) is 16.8. The minimum atomic E-state index is -1.27.